The van der Waals surface area contributed by atoms with Crippen molar-refractivity contribution in [2.24, 2.45) is 4.99 Å². The highest BCUT2D eigenvalue weighted by Crippen LogP contribution is 2.23. The van der Waals surface area contributed by atoms with Gasteiger partial charge in [0, 0.05) is 27.2 Å². The summed E-state index contributed by atoms with van der Waals surface area (Å²) in [5.41, 5.74) is 1.83. The summed E-state index contributed by atoms with van der Waals surface area (Å²) < 4.78 is 26.2. The zero-order valence-corrected chi connectivity index (χ0v) is 17.7. The van der Waals surface area contributed by atoms with E-state index in [0.29, 0.717) is 29.1 Å². The van der Waals surface area contributed by atoms with E-state index in [2.05, 4.69) is 15.0 Å². The van der Waals surface area contributed by atoms with Crippen LogP contribution in [0.15, 0.2) is 52.4 Å². The average molecular weight is 429 g/mol. The van der Waals surface area contributed by atoms with Gasteiger partial charge in [-0.1, -0.05) is 41.4 Å². The molecule has 0 saturated heterocycles. The van der Waals surface area contributed by atoms with Crippen molar-refractivity contribution in [3.8, 4) is 0 Å². The van der Waals surface area contributed by atoms with Crippen LogP contribution in [0.1, 0.15) is 11.1 Å². The molecule has 0 aliphatic rings. The summed E-state index contributed by atoms with van der Waals surface area (Å²) in [6.45, 7) is 1.02. The molecule has 2 rings (SSSR count). The molecule has 0 bridgehead atoms. The summed E-state index contributed by atoms with van der Waals surface area (Å²) in [4.78, 5) is 6.43. The monoisotopic (exact) mass is 428 g/mol. The van der Waals surface area contributed by atoms with Crippen molar-refractivity contribution in [2.45, 2.75) is 18.0 Å². The number of sulfonamides is 1. The van der Waals surface area contributed by atoms with Crippen LogP contribution >= 0.6 is 23.2 Å². The first kappa shape index (κ1) is 21.5. The highest BCUT2D eigenvalue weighted by atomic mass is 35.5. The fraction of sp³-hybridized carbons (Fsp3) is 0.278. The molecule has 0 radical (unpaired) electrons. The molecule has 27 heavy (non-hydrogen) atoms. The van der Waals surface area contributed by atoms with Crippen LogP contribution in [0.3, 0.4) is 0 Å². The zero-order chi connectivity index (χ0) is 20.0. The van der Waals surface area contributed by atoms with Crippen molar-refractivity contribution >= 4 is 39.2 Å². The first-order chi connectivity index (χ1) is 12.8. The number of hydrogen-bond donors (Lipinski definition) is 2. The van der Waals surface area contributed by atoms with Crippen LogP contribution in [0.5, 0.6) is 0 Å². The molecule has 0 unspecified atom stereocenters. The predicted molar refractivity (Wildman–Crippen MR) is 111 cm³/mol. The van der Waals surface area contributed by atoms with Crippen molar-refractivity contribution < 1.29 is 8.42 Å². The van der Waals surface area contributed by atoms with E-state index < -0.39 is 10.0 Å². The van der Waals surface area contributed by atoms with Gasteiger partial charge in [0.1, 0.15) is 0 Å². The summed E-state index contributed by atoms with van der Waals surface area (Å²) in [7, 11) is 1.51. The third-order valence-corrected chi connectivity index (χ3v) is 6.06. The maximum Gasteiger partial charge on any atom is 0.240 e. The Labute approximate surface area is 170 Å². The number of rotatable bonds is 6. The number of halogens is 2. The lowest BCUT2D eigenvalue weighted by Crippen LogP contribution is -2.38. The Hall–Kier alpha value is -1.80. The molecule has 0 spiro atoms. The normalized spacial score (nSPS) is 12.1. The van der Waals surface area contributed by atoms with E-state index in [1.54, 1.807) is 31.3 Å². The molecule has 0 amide bonds. The first-order valence-electron chi connectivity index (χ1n) is 8.15. The van der Waals surface area contributed by atoms with Crippen molar-refractivity contribution in [2.75, 3.05) is 21.1 Å². The minimum absolute atomic E-state index is 0.225. The molecule has 2 aromatic rings. The molecular weight excluding hydrogens is 407 g/mol. The molecule has 9 heteroatoms. The predicted octanol–water partition coefficient (Wildman–Crippen LogP) is 3.11. The summed E-state index contributed by atoms with van der Waals surface area (Å²) in [6, 6.07) is 12.2. The van der Waals surface area contributed by atoms with Gasteiger partial charge in [0.05, 0.1) is 14.9 Å². The van der Waals surface area contributed by atoms with E-state index in [1.165, 1.54) is 7.05 Å². The standard InChI is InChI=1S/C18H22Cl2N4O2S/c1-21-18(24(3)12-14-7-8-16(19)17(20)10-14)23-11-13-5-4-6-15(9-13)27(25,26)22-2/h4-10,22H,11-12H2,1-3H3,(H,21,23). The molecule has 0 aromatic heterocycles. The van der Waals surface area contributed by atoms with Gasteiger partial charge in [-0.25, -0.2) is 13.1 Å². The Balaban J connectivity index is 2.05. The van der Waals surface area contributed by atoms with Gasteiger partial charge in [-0.15, -0.1) is 0 Å². The Morgan fingerprint density at radius 3 is 2.48 bits per heavy atom. The molecule has 146 valence electrons. The van der Waals surface area contributed by atoms with E-state index in [9.17, 15) is 8.42 Å². The topological polar surface area (TPSA) is 73.8 Å². The van der Waals surface area contributed by atoms with Crippen molar-refractivity contribution in [3.05, 3.63) is 63.6 Å². The fourth-order valence-electron chi connectivity index (χ4n) is 2.49. The molecule has 6 nitrogen and oxygen atoms in total. The van der Waals surface area contributed by atoms with E-state index in [4.69, 9.17) is 23.2 Å². The van der Waals surface area contributed by atoms with Crippen LogP contribution in [-0.2, 0) is 23.1 Å². The largest absolute Gasteiger partial charge is 0.352 e. The molecule has 0 atom stereocenters. The summed E-state index contributed by atoms with van der Waals surface area (Å²) in [6.07, 6.45) is 0. The van der Waals surface area contributed by atoms with E-state index in [1.807, 2.05) is 30.1 Å². The van der Waals surface area contributed by atoms with Gasteiger partial charge < -0.3 is 10.2 Å². The maximum atomic E-state index is 11.9. The maximum absolute atomic E-state index is 11.9. The van der Waals surface area contributed by atoms with Crippen LogP contribution in [0, 0.1) is 0 Å². The Bertz CT molecular complexity index is 933. The highest BCUT2D eigenvalue weighted by Gasteiger charge is 2.12. The molecular formula is C18H22Cl2N4O2S. The number of guanidine groups is 1. The molecule has 2 aromatic carbocycles. The quantitative estimate of drug-likeness (QED) is 0.547. The van der Waals surface area contributed by atoms with Gasteiger partial charge in [-0.05, 0) is 42.4 Å². The van der Waals surface area contributed by atoms with Crippen LogP contribution in [0.4, 0.5) is 0 Å². The molecule has 0 aliphatic carbocycles. The van der Waals surface area contributed by atoms with Crippen LogP contribution < -0.4 is 10.0 Å². The van der Waals surface area contributed by atoms with Crippen molar-refractivity contribution in [1.82, 2.24) is 14.9 Å². The van der Waals surface area contributed by atoms with Crippen LogP contribution in [-0.4, -0.2) is 40.4 Å². The average Bonchev–Trinajstić information content (AvgIpc) is 2.65. The lowest BCUT2D eigenvalue weighted by molar-refractivity contribution is 0.476. The molecule has 0 saturated carbocycles. The lowest BCUT2D eigenvalue weighted by atomic mass is 10.2. The summed E-state index contributed by atoms with van der Waals surface area (Å²) in [5.74, 6) is 0.669. The third kappa shape index (κ3) is 5.84. The highest BCUT2D eigenvalue weighted by molar-refractivity contribution is 7.89. The number of hydrogen-bond acceptors (Lipinski definition) is 3. The first-order valence-corrected chi connectivity index (χ1v) is 10.4. The SMILES string of the molecule is CN=C(NCc1cccc(S(=O)(=O)NC)c1)N(C)Cc1ccc(Cl)c(Cl)c1. The Kier molecular flexibility index (Phi) is 7.49. The Morgan fingerprint density at radius 2 is 1.85 bits per heavy atom. The molecule has 0 fully saturated rings. The van der Waals surface area contributed by atoms with E-state index in [-0.39, 0.29) is 4.90 Å². The van der Waals surface area contributed by atoms with Gasteiger partial charge in [-0.2, -0.15) is 0 Å². The minimum Gasteiger partial charge on any atom is -0.352 e. The van der Waals surface area contributed by atoms with Gasteiger partial charge in [-0.3, -0.25) is 4.99 Å². The minimum atomic E-state index is -3.47. The van der Waals surface area contributed by atoms with Gasteiger partial charge in [0.25, 0.3) is 0 Å². The van der Waals surface area contributed by atoms with Crippen molar-refractivity contribution in [3.63, 3.8) is 0 Å². The third-order valence-electron chi connectivity index (χ3n) is 3.91. The van der Waals surface area contributed by atoms with Crippen molar-refractivity contribution in [1.29, 1.82) is 0 Å². The van der Waals surface area contributed by atoms with E-state index in [0.717, 1.165) is 11.1 Å². The fourth-order valence-corrected chi connectivity index (χ4v) is 3.61. The number of nitrogens with zero attached hydrogens (tertiary/aromatic N) is 2. The second-order valence-corrected chi connectivity index (χ2v) is 8.56. The molecule has 0 heterocycles. The lowest BCUT2D eigenvalue weighted by Gasteiger charge is -2.22. The number of aliphatic imine (C=N–C) groups is 1. The summed E-state index contributed by atoms with van der Waals surface area (Å²) >= 11 is 12.0. The smallest absolute Gasteiger partial charge is 0.240 e. The second kappa shape index (κ2) is 9.41. The zero-order valence-electron chi connectivity index (χ0n) is 15.3. The van der Waals surface area contributed by atoms with Gasteiger partial charge in [0.2, 0.25) is 10.0 Å². The summed E-state index contributed by atoms with van der Waals surface area (Å²) in [5, 5.41) is 4.25. The Morgan fingerprint density at radius 1 is 1.11 bits per heavy atom. The van der Waals surface area contributed by atoms with Crippen LogP contribution in [0.25, 0.3) is 0 Å². The van der Waals surface area contributed by atoms with Gasteiger partial charge in [0.15, 0.2) is 5.96 Å². The molecule has 2 N–H and O–H groups in total. The van der Waals surface area contributed by atoms with E-state index >= 15 is 0 Å². The number of nitrogens with one attached hydrogen (secondary N) is 2. The van der Waals surface area contributed by atoms with Crippen LogP contribution in [0.2, 0.25) is 10.0 Å². The second-order valence-electron chi connectivity index (χ2n) is 5.86. The number of benzene rings is 2. The van der Waals surface area contributed by atoms with Gasteiger partial charge >= 0.3 is 0 Å². The molecule has 0 aliphatic heterocycles.